The van der Waals surface area contributed by atoms with E-state index in [2.05, 4.69) is 33.5 Å². The van der Waals surface area contributed by atoms with Crippen LogP contribution in [-0.4, -0.2) is 33.7 Å². The predicted molar refractivity (Wildman–Crippen MR) is 101 cm³/mol. The molecule has 1 aliphatic rings. The van der Waals surface area contributed by atoms with Gasteiger partial charge in [-0.05, 0) is 48.4 Å². The summed E-state index contributed by atoms with van der Waals surface area (Å²) >= 11 is 0. The van der Waals surface area contributed by atoms with Gasteiger partial charge in [-0.25, -0.2) is 4.68 Å². The van der Waals surface area contributed by atoms with Gasteiger partial charge in [0.05, 0.1) is 11.7 Å². The quantitative estimate of drug-likeness (QED) is 0.790. The fraction of sp³-hybridized carbons (Fsp3) is 0.238. The summed E-state index contributed by atoms with van der Waals surface area (Å²) in [7, 11) is 2.01. The number of hydrogen-bond acceptors (Lipinski definition) is 3. The molecule has 0 saturated heterocycles. The summed E-state index contributed by atoms with van der Waals surface area (Å²) in [6, 6.07) is 18.2. The van der Waals surface area contributed by atoms with E-state index in [4.69, 9.17) is 0 Å². The molecule has 4 rings (SSSR count). The largest absolute Gasteiger partial charge is 0.351 e. The van der Waals surface area contributed by atoms with Crippen molar-refractivity contribution in [2.24, 2.45) is 0 Å². The summed E-state index contributed by atoms with van der Waals surface area (Å²) in [5, 5.41) is 7.30. The van der Waals surface area contributed by atoms with Crippen molar-refractivity contribution in [3.05, 3.63) is 83.7 Å². The molecular weight excluding hydrogens is 324 g/mol. The Kier molecular flexibility index (Phi) is 4.54. The Bertz CT molecular complexity index is 887. The third-order valence-electron chi connectivity index (χ3n) is 4.96. The second-order valence-electron chi connectivity index (χ2n) is 6.74. The topological polar surface area (TPSA) is 50.2 Å². The third kappa shape index (κ3) is 3.39. The van der Waals surface area contributed by atoms with Crippen LogP contribution in [-0.2, 0) is 24.3 Å². The van der Waals surface area contributed by atoms with E-state index in [0.717, 1.165) is 24.2 Å². The number of rotatable bonds is 4. The van der Waals surface area contributed by atoms with Gasteiger partial charge in [-0.2, -0.15) is 5.10 Å². The van der Waals surface area contributed by atoms with Gasteiger partial charge in [0, 0.05) is 25.5 Å². The van der Waals surface area contributed by atoms with E-state index < -0.39 is 0 Å². The first-order chi connectivity index (χ1) is 12.7. The highest BCUT2D eigenvalue weighted by Gasteiger charge is 2.28. The van der Waals surface area contributed by atoms with E-state index >= 15 is 0 Å². The minimum atomic E-state index is -0.117. The molecule has 0 spiro atoms. The monoisotopic (exact) mass is 346 g/mol. The normalized spacial score (nSPS) is 16.9. The highest BCUT2D eigenvalue weighted by molar-refractivity contribution is 5.82. The molecule has 1 aliphatic heterocycles. The van der Waals surface area contributed by atoms with Gasteiger partial charge >= 0.3 is 0 Å². The third-order valence-corrected chi connectivity index (χ3v) is 4.96. The van der Waals surface area contributed by atoms with E-state index in [1.165, 1.54) is 11.1 Å². The summed E-state index contributed by atoms with van der Waals surface area (Å²) < 4.78 is 1.82. The van der Waals surface area contributed by atoms with Crippen molar-refractivity contribution in [2.75, 3.05) is 7.05 Å². The van der Waals surface area contributed by atoms with Crippen molar-refractivity contribution in [1.82, 2.24) is 20.0 Å². The number of hydrogen-bond donors (Lipinski definition) is 1. The van der Waals surface area contributed by atoms with Crippen LogP contribution < -0.4 is 5.32 Å². The van der Waals surface area contributed by atoms with Gasteiger partial charge in [-0.15, -0.1) is 0 Å². The maximum Gasteiger partial charge on any atom is 0.237 e. The number of amides is 1. The fourth-order valence-corrected chi connectivity index (χ4v) is 3.44. The molecule has 3 aromatic rings. The summed E-state index contributed by atoms with van der Waals surface area (Å²) in [4.78, 5) is 14.8. The van der Waals surface area contributed by atoms with E-state index in [-0.39, 0.29) is 11.9 Å². The lowest BCUT2D eigenvalue weighted by Crippen LogP contribution is -2.48. The molecule has 1 aromatic heterocycles. The van der Waals surface area contributed by atoms with Crippen LogP contribution in [0.4, 0.5) is 0 Å². The highest BCUT2D eigenvalue weighted by Crippen LogP contribution is 2.22. The maximum atomic E-state index is 12.7. The first kappa shape index (κ1) is 16.5. The molecule has 5 heteroatoms. The smallest absolute Gasteiger partial charge is 0.237 e. The Hall–Kier alpha value is -2.92. The lowest BCUT2D eigenvalue weighted by Gasteiger charge is -2.33. The van der Waals surface area contributed by atoms with Gasteiger partial charge in [0.1, 0.15) is 0 Å². The van der Waals surface area contributed by atoms with Crippen molar-refractivity contribution in [1.29, 1.82) is 0 Å². The van der Waals surface area contributed by atoms with Crippen molar-refractivity contribution >= 4 is 5.91 Å². The minimum absolute atomic E-state index is 0.0816. The molecule has 0 bridgehead atoms. The second kappa shape index (κ2) is 7.14. The van der Waals surface area contributed by atoms with Gasteiger partial charge in [-0.1, -0.05) is 36.4 Å². The number of aromatic nitrogens is 2. The molecule has 1 N–H and O–H groups in total. The second-order valence-corrected chi connectivity index (χ2v) is 6.74. The summed E-state index contributed by atoms with van der Waals surface area (Å²) in [6.07, 6.45) is 4.43. The molecule has 0 aliphatic carbocycles. The van der Waals surface area contributed by atoms with Crippen molar-refractivity contribution < 1.29 is 4.79 Å². The lowest BCUT2D eigenvalue weighted by molar-refractivity contribution is -0.126. The standard InChI is InChI=1S/C21H22N4O/c1-24-15-18-6-3-2-5-17(18)13-20(24)21(26)22-14-16-7-9-19(10-8-16)25-12-4-11-23-25/h2-12,20H,13-15H2,1H3,(H,22,26). The number of likely N-dealkylation sites (N-methyl/N-ethyl adjacent to an activating group) is 1. The SMILES string of the molecule is CN1Cc2ccccc2CC1C(=O)NCc1ccc(-n2cccn2)cc1. The number of benzene rings is 2. The predicted octanol–water partition coefficient (Wildman–Crippen LogP) is 2.55. The van der Waals surface area contributed by atoms with E-state index in [0.29, 0.717) is 6.54 Å². The number of carbonyl (C=O) groups is 1. The Balaban J connectivity index is 1.38. The molecule has 0 saturated carbocycles. The van der Waals surface area contributed by atoms with Crippen molar-refractivity contribution in [3.8, 4) is 5.69 Å². The van der Waals surface area contributed by atoms with Crippen molar-refractivity contribution in [3.63, 3.8) is 0 Å². The van der Waals surface area contributed by atoms with E-state index in [1.807, 2.05) is 54.3 Å². The zero-order valence-corrected chi connectivity index (χ0v) is 14.8. The van der Waals surface area contributed by atoms with Crippen LogP contribution in [0.25, 0.3) is 5.69 Å². The van der Waals surface area contributed by atoms with Gasteiger partial charge in [-0.3, -0.25) is 9.69 Å². The molecule has 26 heavy (non-hydrogen) atoms. The molecular formula is C21H22N4O. The number of nitrogens with zero attached hydrogens (tertiary/aromatic N) is 3. The van der Waals surface area contributed by atoms with Gasteiger partial charge in [0.15, 0.2) is 0 Å². The van der Waals surface area contributed by atoms with Crippen LogP contribution in [0.15, 0.2) is 67.0 Å². The van der Waals surface area contributed by atoms with Crippen LogP contribution in [0.2, 0.25) is 0 Å². The van der Waals surface area contributed by atoms with Crippen LogP contribution in [0.5, 0.6) is 0 Å². The van der Waals surface area contributed by atoms with Crippen LogP contribution in [0.3, 0.4) is 0 Å². The van der Waals surface area contributed by atoms with E-state index in [9.17, 15) is 4.79 Å². The molecule has 0 radical (unpaired) electrons. The molecule has 132 valence electrons. The van der Waals surface area contributed by atoms with Gasteiger partial charge in [0.25, 0.3) is 0 Å². The Morgan fingerprint density at radius 2 is 1.88 bits per heavy atom. The molecule has 1 amide bonds. The molecule has 5 nitrogen and oxygen atoms in total. The first-order valence-electron chi connectivity index (χ1n) is 8.84. The summed E-state index contributed by atoms with van der Waals surface area (Å²) in [5.41, 5.74) is 4.67. The van der Waals surface area contributed by atoms with Crippen LogP contribution in [0, 0.1) is 0 Å². The van der Waals surface area contributed by atoms with Crippen LogP contribution in [0.1, 0.15) is 16.7 Å². The first-order valence-corrected chi connectivity index (χ1v) is 8.84. The molecule has 1 atom stereocenters. The Labute approximate surface area is 153 Å². The highest BCUT2D eigenvalue weighted by atomic mass is 16.2. The Morgan fingerprint density at radius 3 is 2.62 bits per heavy atom. The van der Waals surface area contributed by atoms with E-state index in [1.54, 1.807) is 6.20 Å². The summed E-state index contributed by atoms with van der Waals surface area (Å²) in [5.74, 6) is 0.0816. The molecule has 1 unspecified atom stereocenters. The van der Waals surface area contributed by atoms with Gasteiger partial charge < -0.3 is 5.32 Å². The fourth-order valence-electron chi connectivity index (χ4n) is 3.44. The molecule has 0 fully saturated rings. The Morgan fingerprint density at radius 1 is 1.12 bits per heavy atom. The minimum Gasteiger partial charge on any atom is -0.351 e. The molecule has 2 heterocycles. The average Bonchev–Trinajstić information content (AvgIpc) is 3.21. The summed E-state index contributed by atoms with van der Waals surface area (Å²) in [6.45, 7) is 1.34. The average molecular weight is 346 g/mol. The van der Waals surface area contributed by atoms with Crippen molar-refractivity contribution in [2.45, 2.75) is 25.6 Å². The lowest BCUT2D eigenvalue weighted by atomic mass is 9.94. The number of fused-ring (bicyclic) bond motifs is 1. The van der Waals surface area contributed by atoms with Crippen LogP contribution >= 0.6 is 0 Å². The van der Waals surface area contributed by atoms with Gasteiger partial charge in [0.2, 0.25) is 5.91 Å². The zero-order valence-electron chi connectivity index (χ0n) is 14.8. The maximum absolute atomic E-state index is 12.7. The number of nitrogens with one attached hydrogen (secondary N) is 1. The number of carbonyl (C=O) groups excluding carboxylic acids is 1. The molecule has 2 aromatic carbocycles. The zero-order chi connectivity index (χ0) is 17.9.